The molecule has 1 N–H and O–H groups in total. The van der Waals surface area contributed by atoms with E-state index < -0.39 is 0 Å². The largest absolute Gasteiger partial charge is 0.316 e. The summed E-state index contributed by atoms with van der Waals surface area (Å²) in [6.45, 7) is 2.41. The Morgan fingerprint density at radius 1 is 1.12 bits per heavy atom. The molecule has 2 saturated carbocycles. The monoisotopic (exact) mass is 215 g/mol. The van der Waals surface area contributed by atoms with Crippen LogP contribution in [0.5, 0.6) is 0 Å². The number of nitrogens with one attached hydrogen (secondary N) is 1. The van der Waals surface area contributed by atoms with Crippen molar-refractivity contribution in [1.29, 1.82) is 0 Å². The molecular weight excluding hydrogens is 194 g/mol. The van der Waals surface area contributed by atoms with Crippen LogP contribution >= 0.6 is 0 Å². The highest BCUT2D eigenvalue weighted by Gasteiger charge is 2.52. The second-order valence-electron chi connectivity index (χ2n) is 5.55. The first-order valence-electron chi connectivity index (χ1n) is 6.64. The van der Waals surface area contributed by atoms with Gasteiger partial charge in [-0.05, 0) is 55.5 Å². The first kappa shape index (κ1) is 10.3. The predicted molar refractivity (Wildman–Crippen MR) is 67.4 cm³/mol. The normalized spacial score (nSPS) is 22.0. The average molecular weight is 215 g/mol. The molecule has 2 fully saturated rings. The molecule has 0 aromatic heterocycles. The molecule has 1 nitrogen and oxygen atoms in total. The van der Waals surface area contributed by atoms with Crippen LogP contribution in [0.4, 0.5) is 0 Å². The lowest BCUT2D eigenvalue weighted by atomic mass is 10.0. The Balaban J connectivity index is 1.38. The van der Waals surface area contributed by atoms with Gasteiger partial charge in [-0.15, -0.1) is 0 Å². The van der Waals surface area contributed by atoms with Gasteiger partial charge >= 0.3 is 0 Å². The zero-order valence-electron chi connectivity index (χ0n) is 9.91. The third kappa shape index (κ3) is 2.30. The van der Waals surface area contributed by atoms with Crippen LogP contribution in [-0.4, -0.2) is 13.1 Å². The van der Waals surface area contributed by atoms with Crippen molar-refractivity contribution in [3.63, 3.8) is 0 Å². The molecule has 1 aromatic carbocycles. The molecule has 1 aromatic rings. The maximum atomic E-state index is 3.66. The van der Waals surface area contributed by atoms with Crippen molar-refractivity contribution in [3.8, 4) is 0 Å². The Morgan fingerprint density at radius 2 is 1.88 bits per heavy atom. The quantitative estimate of drug-likeness (QED) is 0.719. The van der Waals surface area contributed by atoms with E-state index in [0.29, 0.717) is 0 Å². The number of rotatable bonds is 6. The SMILES string of the molecule is c1ccc(CCNCC2(C3CC3)CC2)cc1. The lowest BCUT2D eigenvalue weighted by molar-refractivity contribution is 0.406. The van der Waals surface area contributed by atoms with Crippen molar-refractivity contribution in [2.45, 2.75) is 32.1 Å². The van der Waals surface area contributed by atoms with Gasteiger partial charge < -0.3 is 5.32 Å². The Kier molecular flexibility index (Phi) is 2.72. The molecule has 0 spiro atoms. The number of hydrogen-bond acceptors (Lipinski definition) is 1. The maximum Gasteiger partial charge on any atom is 0.00106 e. The Morgan fingerprint density at radius 3 is 2.50 bits per heavy atom. The minimum Gasteiger partial charge on any atom is -0.316 e. The fraction of sp³-hybridized carbons (Fsp3) is 0.600. The number of hydrogen-bond donors (Lipinski definition) is 1. The molecule has 2 aliphatic carbocycles. The van der Waals surface area contributed by atoms with Gasteiger partial charge in [-0.25, -0.2) is 0 Å². The van der Waals surface area contributed by atoms with Gasteiger partial charge in [0, 0.05) is 6.54 Å². The highest BCUT2D eigenvalue weighted by atomic mass is 14.9. The first-order chi connectivity index (χ1) is 7.89. The summed E-state index contributed by atoms with van der Waals surface area (Å²) in [5.74, 6) is 1.08. The van der Waals surface area contributed by atoms with Crippen LogP contribution in [0.2, 0.25) is 0 Å². The highest BCUT2D eigenvalue weighted by Crippen LogP contribution is 2.60. The van der Waals surface area contributed by atoms with E-state index in [1.807, 2.05) is 0 Å². The summed E-state index contributed by atoms with van der Waals surface area (Å²) in [5, 5.41) is 3.66. The van der Waals surface area contributed by atoms with E-state index in [1.54, 1.807) is 0 Å². The lowest BCUT2D eigenvalue weighted by Gasteiger charge is -2.14. The molecule has 2 aliphatic rings. The summed E-state index contributed by atoms with van der Waals surface area (Å²) >= 11 is 0. The molecule has 86 valence electrons. The Hall–Kier alpha value is -0.820. The van der Waals surface area contributed by atoms with E-state index in [9.17, 15) is 0 Å². The zero-order valence-corrected chi connectivity index (χ0v) is 9.91. The molecule has 3 rings (SSSR count). The smallest absolute Gasteiger partial charge is 0.00106 e. The van der Waals surface area contributed by atoms with Gasteiger partial charge in [-0.3, -0.25) is 0 Å². The van der Waals surface area contributed by atoms with Gasteiger partial charge in [-0.2, -0.15) is 0 Å². The van der Waals surface area contributed by atoms with E-state index >= 15 is 0 Å². The van der Waals surface area contributed by atoms with Crippen LogP contribution in [0.15, 0.2) is 30.3 Å². The molecule has 0 atom stereocenters. The van der Waals surface area contributed by atoms with Crippen LogP contribution in [0, 0.1) is 11.3 Å². The fourth-order valence-corrected chi connectivity index (χ4v) is 2.80. The van der Waals surface area contributed by atoms with Crippen LogP contribution in [0.25, 0.3) is 0 Å². The topological polar surface area (TPSA) is 12.0 Å². The Bertz CT molecular complexity index is 336. The standard InChI is InChI=1S/C15H21N/c1-2-4-13(5-3-1)8-11-16-12-15(9-10-15)14-6-7-14/h1-5,14,16H,6-12H2. The summed E-state index contributed by atoms with van der Waals surface area (Å²) in [6, 6.07) is 10.8. The molecule has 1 heteroatoms. The van der Waals surface area contributed by atoms with Crippen molar-refractivity contribution in [2.24, 2.45) is 11.3 Å². The lowest BCUT2D eigenvalue weighted by Crippen LogP contribution is -2.27. The zero-order chi connectivity index (χ0) is 10.8. The highest BCUT2D eigenvalue weighted by molar-refractivity contribution is 5.15. The summed E-state index contributed by atoms with van der Waals surface area (Å²) in [5.41, 5.74) is 2.20. The first-order valence-corrected chi connectivity index (χ1v) is 6.64. The molecule has 16 heavy (non-hydrogen) atoms. The van der Waals surface area contributed by atoms with Gasteiger partial charge in [-0.1, -0.05) is 30.3 Å². The number of benzene rings is 1. The van der Waals surface area contributed by atoms with Crippen LogP contribution in [0.3, 0.4) is 0 Å². The predicted octanol–water partition coefficient (Wildman–Crippen LogP) is 3.01. The molecule has 0 aliphatic heterocycles. The van der Waals surface area contributed by atoms with Crippen LogP contribution in [-0.2, 0) is 6.42 Å². The van der Waals surface area contributed by atoms with Gasteiger partial charge in [0.25, 0.3) is 0 Å². The van der Waals surface area contributed by atoms with Crippen molar-refractivity contribution in [3.05, 3.63) is 35.9 Å². The molecule has 0 radical (unpaired) electrons. The second kappa shape index (κ2) is 4.21. The van der Waals surface area contributed by atoms with Crippen LogP contribution < -0.4 is 5.32 Å². The van der Waals surface area contributed by atoms with Gasteiger partial charge in [0.05, 0.1) is 0 Å². The van der Waals surface area contributed by atoms with E-state index in [-0.39, 0.29) is 0 Å². The molecule has 0 amide bonds. The molecule has 0 heterocycles. The molecule has 0 bridgehead atoms. The minimum absolute atomic E-state index is 0.747. The summed E-state index contributed by atoms with van der Waals surface area (Å²) < 4.78 is 0. The average Bonchev–Trinajstić information content (AvgIpc) is 3.17. The molecular formula is C15H21N. The van der Waals surface area contributed by atoms with E-state index in [1.165, 1.54) is 44.2 Å². The van der Waals surface area contributed by atoms with Crippen molar-refractivity contribution in [1.82, 2.24) is 5.32 Å². The van der Waals surface area contributed by atoms with Crippen molar-refractivity contribution >= 4 is 0 Å². The fourth-order valence-electron chi connectivity index (χ4n) is 2.80. The summed E-state index contributed by atoms with van der Waals surface area (Å²) in [6.07, 6.45) is 7.13. The Labute approximate surface area is 98.3 Å². The summed E-state index contributed by atoms with van der Waals surface area (Å²) in [4.78, 5) is 0. The van der Waals surface area contributed by atoms with Gasteiger partial charge in [0.2, 0.25) is 0 Å². The second-order valence-corrected chi connectivity index (χ2v) is 5.55. The van der Waals surface area contributed by atoms with E-state index in [0.717, 1.165) is 17.9 Å². The summed E-state index contributed by atoms with van der Waals surface area (Å²) in [7, 11) is 0. The molecule has 0 unspecified atom stereocenters. The van der Waals surface area contributed by atoms with Crippen molar-refractivity contribution < 1.29 is 0 Å². The maximum absolute atomic E-state index is 3.66. The van der Waals surface area contributed by atoms with Gasteiger partial charge in [0.15, 0.2) is 0 Å². The van der Waals surface area contributed by atoms with Crippen LogP contribution in [0.1, 0.15) is 31.2 Å². The minimum atomic E-state index is 0.747. The third-order valence-corrected chi connectivity index (χ3v) is 4.25. The third-order valence-electron chi connectivity index (χ3n) is 4.25. The van der Waals surface area contributed by atoms with Crippen molar-refractivity contribution in [2.75, 3.05) is 13.1 Å². The van der Waals surface area contributed by atoms with E-state index in [2.05, 4.69) is 35.6 Å². The molecule has 0 saturated heterocycles. The van der Waals surface area contributed by atoms with E-state index in [4.69, 9.17) is 0 Å². The van der Waals surface area contributed by atoms with Gasteiger partial charge in [0.1, 0.15) is 0 Å².